The first kappa shape index (κ1) is 14.9. The number of aliphatic carboxylic acids is 1. The number of rotatable bonds is 4. The molecule has 0 saturated carbocycles. The van der Waals surface area contributed by atoms with E-state index < -0.39 is 23.5 Å². The van der Waals surface area contributed by atoms with E-state index in [1.807, 2.05) is 0 Å². The molecule has 0 fully saturated rings. The summed E-state index contributed by atoms with van der Waals surface area (Å²) < 4.78 is 4.74. The van der Waals surface area contributed by atoms with Gasteiger partial charge in [0.2, 0.25) is 5.89 Å². The van der Waals surface area contributed by atoms with Gasteiger partial charge in [-0.3, -0.25) is 0 Å². The summed E-state index contributed by atoms with van der Waals surface area (Å²) in [4.78, 5) is 26.6. The molecule has 1 heterocycles. The van der Waals surface area contributed by atoms with E-state index in [1.165, 1.54) is 0 Å². The van der Waals surface area contributed by atoms with Crippen LogP contribution in [0.1, 0.15) is 32.5 Å². The van der Waals surface area contributed by atoms with Gasteiger partial charge in [0.05, 0.1) is 6.54 Å². The molecule has 0 aliphatic heterocycles. The number of hydrogen-bond donors (Lipinski definition) is 3. The number of urea groups is 1. The molecule has 3 N–H and O–H groups in total. The molecule has 0 bridgehead atoms. The van der Waals surface area contributed by atoms with Gasteiger partial charge in [0, 0.05) is 6.92 Å². The molecule has 1 unspecified atom stereocenters. The van der Waals surface area contributed by atoms with E-state index in [9.17, 15) is 9.59 Å². The van der Waals surface area contributed by atoms with Crippen LogP contribution in [-0.4, -0.2) is 33.3 Å². The SMILES string of the molecule is Cc1nc(CNC(=O)NC(C(=O)O)C(C)(C)C)no1. The maximum Gasteiger partial charge on any atom is 0.326 e. The number of carbonyl (C=O) groups excluding carboxylic acids is 1. The van der Waals surface area contributed by atoms with Crippen molar-refractivity contribution in [1.29, 1.82) is 0 Å². The van der Waals surface area contributed by atoms with Gasteiger partial charge in [-0.05, 0) is 5.41 Å². The van der Waals surface area contributed by atoms with Gasteiger partial charge in [-0.2, -0.15) is 4.98 Å². The number of nitrogens with one attached hydrogen (secondary N) is 2. The Labute approximate surface area is 110 Å². The fourth-order valence-corrected chi connectivity index (χ4v) is 1.40. The van der Waals surface area contributed by atoms with Crippen LogP contribution in [0, 0.1) is 12.3 Å². The summed E-state index contributed by atoms with van der Waals surface area (Å²) >= 11 is 0. The first-order chi connectivity index (χ1) is 8.70. The predicted octanol–water partition coefficient (Wildman–Crippen LogP) is 0.677. The number of carbonyl (C=O) groups is 2. The summed E-state index contributed by atoms with van der Waals surface area (Å²) in [6.45, 7) is 6.90. The van der Waals surface area contributed by atoms with Crippen molar-refractivity contribution in [3.63, 3.8) is 0 Å². The Morgan fingerprint density at radius 2 is 2.05 bits per heavy atom. The lowest BCUT2D eigenvalue weighted by molar-refractivity contribution is -0.141. The monoisotopic (exact) mass is 270 g/mol. The number of aryl methyl sites for hydroxylation is 1. The van der Waals surface area contributed by atoms with Crippen molar-refractivity contribution < 1.29 is 19.2 Å². The molecule has 1 aromatic heterocycles. The number of hydrogen-bond acceptors (Lipinski definition) is 5. The first-order valence-electron chi connectivity index (χ1n) is 5.76. The van der Waals surface area contributed by atoms with Crippen LogP contribution in [0.5, 0.6) is 0 Å². The summed E-state index contributed by atoms with van der Waals surface area (Å²) in [6.07, 6.45) is 0. The van der Waals surface area contributed by atoms with Crippen LogP contribution in [-0.2, 0) is 11.3 Å². The average Bonchev–Trinajstić information content (AvgIpc) is 2.67. The Bertz CT molecular complexity index is 464. The van der Waals surface area contributed by atoms with E-state index in [-0.39, 0.29) is 6.54 Å². The molecule has 2 amide bonds. The van der Waals surface area contributed by atoms with Gasteiger partial charge < -0.3 is 20.3 Å². The van der Waals surface area contributed by atoms with E-state index in [1.54, 1.807) is 27.7 Å². The summed E-state index contributed by atoms with van der Waals surface area (Å²) in [6, 6.07) is -1.58. The quantitative estimate of drug-likeness (QED) is 0.740. The highest BCUT2D eigenvalue weighted by Gasteiger charge is 2.32. The number of aromatic nitrogens is 2. The Morgan fingerprint density at radius 3 is 2.47 bits per heavy atom. The molecule has 0 spiro atoms. The van der Waals surface area contributed by atoms with Gasteiger partial charge in [0.15, 0.2) is 5.82 Å². The van der Waals surface area contributed by atoms with Crippen molar-refractivity contribution in [2.75, 3.05) is 0 Å². The van der Waals surface area contributed by atoms with Crippen molar-refractivity contribution in [1.82, 2.24) is 20.8 Å². The maximum atomic E-state index is 11.6. The lowest BCUT2D eigenvalue weighted by Crippen LogP contribution is -2.52. The summed E-state index contributed by atoms with van der Waals surface area (Å²) in [5.74, 6) is -0.358. The first-order valence-corrected chi connectivity index (χ1v) is 5.76. The normalized spacial score (nSPS) is 12.8. The minimum Gasteiger partial charge on any atom is -0.480 e. The standard InChI is InChI=1S/C11H18N4O4/c1-6-13-7(15-19-6)5-12-10(18)14-8(9(16)17)11(2,3)4/h8H,5H2,1-4H3,(H,16,17)(H2,12,14,18). The van der Waals surface area contributed by atoms with E-state index in [0.29, 0.717) is 11.7 Å². The highest BCUT2D eigenvalue weighted by Crippen LogP contribution is 2.19. The minimum atomic E-state index is -1.09. The van der Waals surface area contributed by atoms with Gasteiger partial charge in [0.25, 0.3) is 0 Å². The number of nitrogens with zero attached hydrogens (tertiary/aromatic N) is 2. The van der Waals surface area contributed by atoms with Crippen LogP contribution in [0.15, 0.2) is 4.52 Å². The van der Waals surface area contributed by atoms with Crippen LogP contribution in [0.3, 0.4) is 0 Å². The summed E-state index contributed by atoms with van der Waals surface area (Å²) in [5, 5.41) is 17.5. The van der Waals surface area contributed by atoms with Crippen molar-refractivity contribution in [2.45, 2.75) is 40.3 Å². The Hall–Kier alpha value is -2.12. The van der Waals surface area contributed by atoms with Crippen LogP contribution in [0.2, 0.25) is 0 Å². The lowest BCUT2D eigenvalue weighted by Gasteiger charge is -2.27. The average molecular weight is 270 g/mol. The van der Waals surface area contributed by atoms with Gasteiger partial charge in [-0.15, -0.1) is 0 Å². The lowest BCUT2D eigenvalue weighted by atomic mass is 9.87. The van der Waals surface area contributed by atoms with Crippen molar-refractivity contribution in [3.8, 4) is 0 Å². The molecule has 1 rings (SSSR count). The molecule has 1 atom stereocenters. The third-order valence-electron chi connectivity index (χ3n) is 2.37. The van der Waals surface area contributed by atoms with Gasteiger partial charge in [0.1, 0.15) is 6.04 Å². The summed E-state index contributed by atoms with van der Waals surface area (Å²) in [5.41, 5.74) is -0.591. The van der Waals surface area contributed by atoms with Gasteiger partial charge in [-0.25, -0.2) is 9.59 Å². The minimum absolute atomic E-state index is 0.0691. The summed E-state index contributed by atoms with van der Waals surface area (Å²) in [7, 11) is 0. The molecule has 0 aromatic carbocycles. The van der Waals surface area contributed by atoms with Crippen LogP contribution in [0.4, 0.5) is 4.79 Å². The molecule has 0 saturated heterocycles. The highest BCUT2D eigenvalue weighted by molar-refractivity contribution is 5.83. The molecule has 0 aliphatic carbocycles. The smallest absolute Gasteiger partial charge is 0.326 e. The molecule has 1 aromatic rings. The Balaban J connectivity index is 2.52. The van der Waals surface area contributed by atoms with Gasteiger partial charge >= 0.3 is 12.0 Å². The predicted molar refractivity (Wildman–Crippen MR) is 65.3 cm³/mol. The number of carboxylic acid groups (broad SMARTS) is 1. The van der Waals surface area contributed by atoms with Crippen LogP contribution >= 0.6 is 0 Å². The maximum absolute atomic E-state index is 11.6. The zero-order valence-corrected chi connectivity index (χ0v) is 11.4. The third-order valence-corrected chi connectivity index (χ3v) is 2.37. The van der Waals surface area contributed by atoms with Crippen molar-refractivity contribution >= 4 is 12.0 Å². The number of carboxylic acids is 1. The second kappa shape index (κ2) is 5.68. The topological polar surface area (TPSA) is 117 Å². The second-order valence-electron chi connectivity index (χ2n) is 5.19. The molecule has 8 heteroatoms. The molecule has 106 valence electrons. The fraction of sp³-hybridized carbons (Fsp3) is 0.636. The zero-order valence-electron chi connectivity index (χ0n) is 11.4. The highest BCUT2D eigenvalue weighted by atomic mass is 16.5. The van der Waals surface area contributed by atoms with Crippen LogP contribution in [0.25, 0.3) is 0 Å². The van der Waals surface area contributed by atoms with E-state index in [2.05, 4.69) is 20.8 Å². The van der Waals surface area contributed by atoms with Crippen molar-refractivity contribution in [3.05, 3.63) is 11.7 Å². The largest absolute Gasteiger partial charge is 0.480 e. The Kier molecular flexibility index (Phi) is 4.47. The third kappa shape index (κ3) is 4.57. The molecular weight excluding hydrogens is 252 g/mol. The van der Waals surface area contributed by atoms with Crippen LogP contribution < -0.4 is 10.6 Å². The molecular formula is C11H18N4O4. The molecule has 8 nitrogen and oxygen atoms in total. The van der Waals surface area contributed by atoms with Crippen molar-refractivity contribution in [2.24, 2.45) is 5.41 Å². The Morgan fingerprint density at radius 1 is 1.42 bits per heavy atom. The molecule has 0 radical (unpaired) electrons. The van der Waals surface area contributed by atoms with E-state index >= 15 is 0 Å². The van der Waals surface area contributed by atoms with E-state index in [0.717, 1.165) is 0 Å². The fourth-order valence-electron chi connectivity index (χ4n) is 1.40. The molecule has 0 aliphatic rings. The number of amides is 2. The zero-order chi connectivity index (χ0) is 14.6. The van der Waals surface area contributed by atoms with Gasteiger partial charge in [-0.1, -0.05) is 25.9 Å². The molecule has 19 heavy (non-hydrogen) atoms. The second-order valence-corrected chi connectivity index (χ2v) is 5.19. The van der Waals surface area contributed by atoms with E-state index in [4.69, 9.17) is 9.63 Å².